The molecule has 7 nitrogen and oxygen atoms in total. The maximum Gasteiger partial charge on any atom is 0.288 e. The van der Waals surface area contributed by atoms with Crippen LogP contribution >= 0.6 is 0 Å². The second kappa shape index (κ2) is 6.04. The van der Waals surface area contributed by atoms with Crippen molar-refractivity contribution in [2.24, 2.45) is 0 Å². The summed E-state index contributed by atoms with van der Waals surface area (Å²) in [7, 11) is 0. The lowest BCUT2D eigenvalue weighted by atomic mass is 10.2. The summed E-state index contributed by atoms with van der Waals surface area (Å²) in [5.41, 5.74) is 5.97. The minimum absolute atomic E-state index is 0.000485. The second-order valence-corrected chi connectivity index (χ2v) is 4.52. The minimum Gasteiger partial charge on any atom is -0.356 e. The first kappa shape index (κ1) is 13.7. The molecular formula is C15H12N4O3. The van der Waals surface area contributed by atoms with Crippen LogP contribution in [0.4, 0.5) is 0 Å². The van der Waals surface area contributed by atoms with Gasteiger partial charge in [-0.3, -0.25) is 25.4 Å². The molecule has 2 N–H and O–H groups in total. The van der Waals surface area contributed by atoms with E-state index >= 15 is 0 Å². The number of rotatable bonds is 3. The number of para-hydroxylation sites is 1. The zero-order chi connectivity index (χ0) is 15.4. The second-order valence-electron chi connectivity index (χ2n) is 4.52. The average molecular weight is 296 g/mol. The van der Waals surface area contributed by atoms with Gasteiger partial charge in [0.05, 0.1) is 6.42 Å². The SMILES string of the molecule is O=C(Cc1noc2ccccc12)NNC(=O)c1ccccn1. The van der Waals surface area contributed by atoms with Gasteiger partial charge in [-0.05, 0) is 24.3 Å². The van der Waals surface area contributed by atoms with Crippen molar-refractivity contribution >= 4 is 22.8 Å². The fourth-order valence-electron chi connectivity index (χ4n) is 1.95. The number of carbonyl (C=O) groups excluding carboxylic acids is 2. The number of benzene rings is 1. The molecule has 0 aliphatic heterocycles. The number of hydrogen-bond acceptors (Lipinski definition) is 5. The number of fused-ring (bicyclic) bond motifs is 1. The van der Waals surface area contributed by atoms with E-state index in [-0.39, 0.29) is 12.1 Å². The normalized spacial score (nSPS) is 10.4. The van der Waals surface area contributed by atoms with E-state index in [2.05, 4.69) is 21.0 Å². The molecule has 1 aromatic carbocycles. The van der Waals surface area contributed by atoms with Crippen molar-refractivity contribution in [3.05, 3.63) is 60.0 Å². The highest BCUT2D eigenvalue weighted by Crippen LogP contribution is 2.17. The number of amides is 2. The van der Waals surface area contributed by atoms with E-state index < -0.39 is 11.8 Å². The predicted octanol–water partition coefficient (Wildman–Crippen LogP) is 1.23. The van der Waals surface area contributed by atoms with Crippen molar-refractivity contribution in [3.8, 4) is 0 Å². The molecule has 2 amide bonds. The highest BCUT2D eigenvalue weighted by Gasteiger charge is 2.13. The molecule has 0 unspecified atom stereocenters. The molecule has 0 fully saturated rings. The van der Waals surface area contributed by atoms with E-state index in [0.29, 0.717) is 11.3 Å². The molecule has 2 aromatic heterocycles. The molecular weight excluding hydrogens is 284 g/mol. The number of nitrogens with one attached hydrogen (secondary N) is 2. The van der Waals surface area contributed by atoms with E-state index in [9.17, 15) is 9.59 Å². The quantitative estimate of drug-likeness (QED) is 0.708. The molecule has 7 heteroatoms. The zero-order valence-electron chi connectivity index (χ0n) is 11.4. The number of pyridine rings is 1. The summed E-state index contributed by atoms with van der Waals surface area (Å²) < 4.78 is 5.12. The van der Waals surface area contributed by atoms with E-state index in [4.69, 9.17) is 4.52 Å². The molecule has 0 atom stereocenters. The van der Waals surface area contributed by atoms with Gasteiger partial charge >= 0.3 is 0 Å². The first-order valence-electron chi connectivity index (χ1n) is 6.57. The van der Waals surface area contributed by atoms with Gasteiger partial charge in [0.15, 0.2) is 5.58 Å². The van der Waals surface area contributed by atoms with Crippen LogP contribution in [0, 0.1) is 0 Å². The highest BCUT2D eigenvalue weighted by atomic mass is 16.5. The molecule has 3 aromatic rings. The number of nitrogens with zero attached hydrogens (tertiary/aromatic N) is 2. The van der Waals surface area contributed by atoms with E-state index in [1.165, 1.54) is 6.20 Å². The van der Waals surface area contributed by atoms with Gasteiger partial charge < -0.3 is 4.52 Å². The monoisotopic (exact) mass is 296 g/mol. The summed E-state index contributed by atoms with van der Waals surface area (Å²) in [4.78, 5) is 27.5. The molecule has 2 heterocycles. The standard InChI is InChI=1S/C15H12N4O3/c20-14(17-18-15(21)11-6-3-4-8-16-11)9-12-10-5-1-2-7-13(10)22-19-12/h1-8H,9H2,(H,17,20)(H,18,21). The van der Waals surface area contributed by atoms with Gasteiger partial charge in [0.25, 0.3) is 5.91 Å². The summed E-state index contributed by atoms with van der Waals surface area (Å²) >= 11 is 0. The number of aromatic nitrogens is 2. The Labute approximate surface area is 125 Å². The van der Waals surface area contributed by atoms with Crippen molar-refractivity contribution in [3.63, 3.8) is 0 Å². The number of hydrogen-bond donors (Lipinski definition) is 2. The van der Waals surface area contributed by atoms with E-state index in [1.54, 1.807) is 24.3 Å². The van der Waals surface area contributed by atoms with Crippen LogP contribution in [-0.4, -0.2) is 22.0 Å². The molecule has 0 aliphatic rings. The highest BCUT2D eigenvalue weighted by molar-refractivity contribution is 5.94. The summed E-state index contributed by atoms with van der Waals surface area (Å²) in [5, 5.41) is 4.63. The smallest absolute Gasteiger partial charge is 0.288 e. The third-order valence-corrected chi connectivity index (χ3v) is 2.99. The van der Waals surface area contributed by atoms with Crippen molar-refractivity contribution in [1.29, 1.82) is 0 Å². The summed E-state index contributed by atoms with van der Waals surface area (Å²) in [5.74, 6) is -0.887. The maximum absolute atomic E-state index is 11.9. The van der Waals surface area contributed by atoms with Crippen LogP contribution in [0.5, 0.6) is 0 Å². The Bertz CT molecular complexity index is 814. The third-order valence-electron chi connectivity index (χ3n) is 2.99. The zero-order valence-corrected chi connectivity index (χ0v) is 11.4. The summed E-state index contributed by atoms with van der Waals surface area (Å²) in [6.45, 7) is 0. The van der Waals surface area contributed by atoms with Gasteiger partial charge in [-0.1, -0.05) is 23.4 Å². The lowest BCUT2D eigenvalue weighted by Crippen LogP contribution is -2.42. The van der Waals surface area contributed by atoms with Crippen LogP contribution in [0.25, 0.3) is 11.0 Å². The van der Waals surface area contributed by atoms with Gasteiger partial charge in [0, 0.05) is 11.6 Å². The van der Waals surface area contributed by atoms with Gasteiger partial charge in [0.2, 0.25) is 5.91 Å². The Morgan fingerprint density at radius 1 is 1.05 bits per heavy atom. The molecule has 22 heavy (non-hydrogen) atoms. The van der Waals surface area contributed by atoms with Crippen LogP contribution in [0.1, 0.15) is 16.2 Å². The average Bonchev–Trinajstić information content (AvgIpc) is 2.97. The molecule has 0 aliphatic carbocycles. The molecule has 0 spiro atoms. The minimum atomic E-state index is -0.487. The van der Waals surface area contributed by atoms with E-state index in [0.717, 1.165) is 5.39 Å². The van der Waals surface area contributed by atoms with Gasteiger partial charge in [-0.15, -0.1) is 0 Å². The van der Waals surface area contributed by atoms with Crippen LogP contribution < -0.4 is 10.9 Å². The fourth-order valence-corrected chi connectivity index (χ4v) is 1.95. The molecule has 0 saturated carbocycles. The van der Waals surface area contributed by atoms with Crippen molar-refractivity contribution in [2.45, 2.75) is 6.42 Å². The van der Waals surface area contributed by atoms with Gasteiger partial charge in [0.1, 0.15) is 11.4 Å². The van der Waals surface area contributed by atoms with Gasteiger partial charge in [-0.2, -0.15) is 0 Å². The number of carbonyl (C=O) groups is 2. The van der Waals surface area contributed by atoms with Crippen LogP contribution in [-0.2, 0) is 11.2 Å². The van der Waals surface area contributed by atoms with Crippen LogP contribution in [0.15, 0.2) is 53.2 Å². The first-order valence-corrected chi connectivity index (χ1v) is 6.57. The Kier molecular flexibility index (Phi) is 3.78. The summed E-state index contributed by atoms with van der Waals surface area (Å²) in [6.07, 6.45) is 1.50. The van der Waals surface area contributed by atoms with Crippen molar-refractivity contribution in [2.75, 3.05) is 0 Å². The van der Waals surface area contributed by atoms with Crippen molar-refractivity contribution in [1.82, 2.24) is 21.0 Å². The Morgan fingerprint density at radius 2 is 1.86 bits per heavy atom. The lowest BCUT2D eigenvalue weighted by Gasteiger charge is -2.05. The Morgan fingerprint density at radius 3 is 2.68 bits per heavy atom. The maximum atomic E-state index is 11.9. The van der Waals surface area contributed by atoms with Crippen LogP contribution in [0.3, 0.4) is 0 Å². The molecule has 110 valence electrons. The van der Waals surface area contributed by atoms with Gasteiger partial charge in [-0.25, -0.2) is 0 Å². The largest absolute Gasteiger partial charge is 0.356 e. The Hall–Kier alpha value is -3.22. The van der Waals surface area contributed by atoms with E-state index in [1.807, 2.05) is 18.2 Å². The molecule has 0 bridgehead atoms. The first-order chi connectivity index (χ1) is 10.7. The number of hydrazine groups is 1. The lowest BCUT2D eigenvalue weighted by molar-refractivity contribution is -0.121. The van der Waals surface area contributed by atoms with Crippen LogP contribution in [0.2, 0.25) is 0 Å². The Balaban J connectivity index is 1.60. The molecule has 3 rings (SSSR count). The topological polar surface area (TPSA) is 97.1 Å². The fraction of sp³-hybridized carbons (Fsp3) is 0.0667. The predicted molar refractivity (Wildman–Crippen MR) is 77.6 cm³/mol. The molecule has 0 radical (unpaired) electrons. The molecule has 0 saturated heterocycles. The summed E-state index contributed by atoms with van der Waals surface area (Å²) in [6, 6.07) is 12.2. The van der Waals surface area contributed by atoms with Crippen molar-refractivity contribution < 1.29 is 14.1 Å². The third kappa shape index (κ3) is 2.93.